The molecular formula is C19H22F3N3O3. The van der Waals surface area contributed by atoms with E-state index < -0.39 is 34.6 Å². The van der Waals surface area contributed by atoms with E-state index in [4.69, 9.17) is 0 Å². The molecule has 2 fully saturated rings. The third-order valence-corrected chi connectivity index (χ3v) is 5.31. The van der Waals surface area contributed by atoms with Gasteiger partial charge in [0.2, 0.25) is 5.91 Å². The van der Waals surface area contributed by atoms with Crippen LogP contribution in [0.1, 0.15) is 37.8 Å². The summed E-state index contributed by atoms with van der Waals surface area (Å²) in [6.07, 6.45) is -2.60. The SMILES string of the molecule is CC(C)(Cc1ccc(C(F)(F)F)cc1)C(=O)NCC1(C2CC2)NC(=O)NC1=O. The first-order valence-electron chi connectivity index (χ1n) is 9.02. The lowest BCUT2D eigenvalue weighted by Gasteiger charge is -2.29. The number of carbonyl (C=O) groups is 3. The lowest BCUT2D eigenvalue weighted by molar-refractivity contribution is -0.137. The van der Waals surface area contributed by atoms with E-state index in [1.807, 2.05) is 0 Å². The lowest BCUT2D eigenvalue weighted by Crippen LogP contribution is -2.58. The Morgan fingerprint density at radius 3 is 2.25 bits per heavy atom. The molecule has 1 unspecified atom stereocenters. The van der Waals surface area contributed by atoms with Gasteiger partial charge in [0.15, 0.2) is 0 Å². The second-order valence-electron chi connectivity index (χ2n) is 8.09. The number of benzene rings is 1. The standard InChI is InChI=1S/C19H22F3N3O3/c1-17(2,9-11-3-5-13(6-4-11)19(20,21)22)14(26)23-10-18(12-7-8-12)15(27)24-16(28)25-18/h3-6,12H,7-10H2,1-2H3,(H,23,26)(H2,24,25,27,28). The molecule has 3 rings (SSSR count). The average molecular weight is 397 g/mol. The van der Waals surface area contributed by atoms with Crippen LogP contribution in [-0.4, -0.2) is 29.9 Å². The summed E-state index contributed by atoms with van der Waals surface area (Å²) in [6, 6.07) is 4.12. The molecule has 152 valence electrons. The first-order chi connectivity index (χ1) is 12.9. The molecule has 2 aliphatic rings. The summed E-state index contributed by atoms with van der Waals surface area (Å²) in [7, 11) is 0. The molecule has 28 heavy (non-hydrogen) atoms. The van der Waals surface area contributed by atoms with E-state index in [2.05, 4.69) is 16.0 Å². The molecule has 1 aromatic rings. The van der Waals surface area contributed by atoms with Crippen molar-refractivity contribution < 1.29 is 27.6 Å². The molecular weight excluding hydrogens is 375 g/mol. The Kier molecular flexibility index (Phi) is 4.89. The maximum atomic E-state index is 12.7. The molecule has 0 spiro atoms. The highest BCUT2D eigenvalue weighted by atomic mass is 19.4. The number of alkyl halides is 3. The van der Waals surface area contributed by atoms with Crippen molar-refractivity contribution in [2.24, 2.45) is 11.3 Å². The van der Waals surface area contributed by atoms with E-state index in [0.29, 0.717) is 5.56 Å². The number of imide groups is 1. The van der Waals surface area contributed by atoms with Gasteiger partial charge in [-0.3, -0.25) is 14.9 Å². The van der Waals surface area contributed by atoms with E-state index >= 15 is 0 Å². The quantitative estimate of drug-likeness (QED) is 0.644. The molecule has 4 amide bonds. The Morgan fingerprint density at radius 2 is 1.79 bits per heavy atom. The van der Waals surface area contributed by atoms with E-state index in [-0.39, 0.29) is 24.8 Å². The van der Waals surface area contributed by atoms with Gasteiger partial charge < -0.3 is 10.6 Å². The van der Waals surface area contributed by atoms with Gasteiger partial charge >= 0.3 is 12.2 Å². The summed E-state index contributed by atoms with van der Waals surface area (Å²) in [5.74, 6) is -0.806. The Balaban J connectivity index is 1.64. The van der Waals surface area contributed by atoms with Crippen molar-refractivity contribution in [2.45, 2.75) is 44.8 Å². The van der Waals surface area contributed by atoms with E-state index in [0.717, 1.165) is 25.0 Å². The monoisotopic (exact) mass is 397 g/mol. The Hall–Kier alpha value is -2.58. The van der Waals surface area contributed by atoms with Gasteiger partial charge in [0.1, 0.15) is 5.54 Å². The number of urea groups is 1. The molecule has 0 radical (unpaired) electrons. The van der Waals surface area contributed by atoms with E-state index in [1.165, 1.54) is 12.1 Å². The Labute approximate surface area is 160 Å². The highest BCUT2D eigenvalue weighted by Crippen LogP contribution is 2.41. The van der Waals surface area contributed by atoms with Crippen molar-refractivity contribution in [3.63, 3.8) is 0 Å². The van der Waals surface area contributed by atoms with Crippen LogP contribution in [0.5, 0.6) is 0 Å². The van der Waals surface area contributed by atoms with Crippen molar-refractivity contribution in [3.05, 3.63) is 35.4 Å². The number of rotatable bonds is 6. The first-order valence-corrected chi connectivity index (χ1v) is 9.02. The minimum atomic E-state index is -4.41. The van der Waals surface area contributed by atoms with Crippen LogP contribution in [0.4, 0.5) is 18.0 Å². The van der Waals surface area contributed by atoms with Gasteiger partial charge in [0.25, 0.3) is 5.91 Å². The number of nitrogens with one attached hydrogen (secondary N) is 3. The van der Waals surface area contributed by atoms with Crippen molar-refractivity contribution in [1.82, 2.24) is 16.0 Å². The molecule has 1 aromatic carbocycles. The van der Waals surface area contributed by atoms with Crippen LogP contribution < -0.4 is 16.0 Å². The normalized spacial score (nSPS) is 22.6. The lowest BCUT2D eigenvalue weighted by atomic mass is 9.84. The smallest absolute Gasteiger partial charge is 0.353 e. The average Bonchev–Trinajstić information content (AvgIpc) is 3.38. The third kappa shape index (κ3) is 3.98. The summed E-state index contributed by atoms with van der Waals surface area (Å²) in [5.41, 5.74) is -2.19. The minimum absolute atomic E-state index is 0.0164. The maximum absolute atomic E-state index is 12.7. The molecule has 1 aliphatic heterocycles. The molecule has 9 heteroatoms. The summed E-state index contributed by atoms with van der Waals surface area (Å²) in [4.78, 5) is 36.5. The third-order valence-electron chi connectivity index (χ3n) is 5.31. The number of hydrogen-bond donors (Lipinski definition) is 3. The first kappa shape index (κ1) is 20.2. The van der Waals surface area contributed by atoms with Crippen LogP contribution in [0, 0.1) is 11.3 Å². The summed E-state index contributed by atoms with van der Waals surface area (Å²) < 4.78 is 38.0. The van der Waals surface area contributed by atoms with Crippen LogP contribution in [0.25, 0.3) is 0 Å². The predicted octanol–water partition coefficient (Wildman–Crippen LogP) is 2.38. The summed E-state index contributed by atoms with van der Waals surface area (Å²) in [6.45, 7) is 3.33. The van der Waals surface area contributed by atoms with E-state index in [9.17, 15) is 27.6 Å². The van der Waals surface area contributed by atoms with Crippen LogP contribution >= 0.6 is 0 Å². The van der Waals surface area contributed by atoms with Crippen molar-refractivity contribution in [1.29, 1.82) is 0 Å². The Morgan fingerprint density at radius 1 is 1.18 bits per heavy atom. The largest absolute Gasteiger partial charge is 0.416 e. The molecule has 0 bridgehead atoms. The van der Waals surface area contributed by atoms with Crippen molar-refractivity contribution in [2.75, 3.05) is 6.54 Å². The molecule has 1 heterocycles. The van der Waals surface area contributed by atoms with Crippen LogP contribution in [-0.2, 0) is 22.2 Å². The number of hydrogen-bond acceptors (Lipinski definition) is 3. The van der Waals surface area contributed by atoms with Gasteiger partial charge in [-0.25, -0.2) is 4.79 Å². The molecule has 6 nitrogen and oxygen atoms in total. The fraction of sp³-hybridized carbons (Fsp3) is 0.526. The maximum Gasteiger partial charge on any atom is 0.416 e. The van der Waals surface area contributed by atoms with Crippen molar-refractivity contribution >= 4 is 17.8 Å². The Bertz CT molecular complexity index is 801. The van der Waals surface area contributed by atoms with Crippen LogP contribution in [0.15, 0.2) is 24.3 Å². The molecule has 1 saturated heterocycles. The topological polar surface area (TPSA) is 87.3 Å². The predicted molar refractivity (Wildman–Crippen MR) is 94.1 cm³/mol. The zero-order chi connectivity index (χ0) is 20.7. The van der Waals surface area contributed by atoms with Gasteiger partial charge in [-0.05, 0) is 42.9 Å². The second-order valence-corrected chi connectivity index (χ2v) is 8.09. The van der Waals surface area contributed by atoms with Gasteiger partial charge in [-0.15, -0.1) is 0 Å². The molecule has 1 saturated carbocycles. The van der Waals surface area contributed by atoms with Crippen molar-refractivity contribution in [3.8, 4) is 0 Å². The van der Waals surface area contributed by atoms with Crippen LogP contribution in [0.2, 0.25) is 0 Å². The number of carbonyl (C=O) groups excluding carboxylic acids is 3. The minimum Gasteiger partial charge on any atom is -0.353 e. The number of amides is 4. The fourth-order valence-electron chi connectivity index (χ4n) is 3.50. The molecule has 3 N–H and O–H groups in total. The van der Waals surface area contributed by atoms with Gasteiger partial charge in [0.05, 0.1) is 12.1 Å². The molecule has 0 aromatic heterocycles. The molecule has 1 aliphatic carbocycles. The summed E-state index contributed by atoms with van der Waals surface area (Å²) >= 11 is 0. The zero-order valence-electron chi connectivity index (χ0n) is 15.6. The summed E-state index contributed by atoms with van der Waals surface area (Å²) in [5, 5.41) is 7.59. The fourth-order valence-corrected chi connectivity index (χ4v) is 3.50. The van der Waals surface area contributed by atoms with Gasteiger partial charge in [-0.1, -0.05) is 26.0 Å². The molecule has 1 atom stereocenters. The van der Waals surface area contributed by atoms with E-state index in [1.54, 1.807) is 13.8 Å². The highest BCUT2D eigenvalue weighted by Gasteiger charge is 2.56. The number of halogens is 3. The van der Waals surface area contributed by atoms with Crippen LogP contribution in [0.3, 0.4) is 0 Å². The van der Waals surface area contributed by atoms with Gasteiger partial charge in [0, 0.05) is 5.41 Å². The second kappa shape index (κ2) is 6.79. The zero-order valence-corrected chi connectivity index (χ0v) is 15.6. The highest BCUT2D eigenvalue weighted by molar-refractivity contribution is 6.07. The van der Waals surface area contributed by atoms with Gasteiger partial charge in [-0.2, -0.15) is 13.2 Å².